The van der Waals surface area contributed by atoms with Crippen molar-refractivity contribution in [2.75, 3.05) is 13.1 Å². The zero-order valence-electron chi connectivity index (χ0n) is 15.8. The van der Waals surface area contributed by atoms with E-state index < -0.39 is 0 Å². The standard InChI is InChI=1S/C22H24N2O3.ClH/c1-15-11-16(12-23)13-24(15)22(25)21-19(14-26-17-7-3-2-4-8-17)18-9-5-6-10-20(18)27-21;/h2-10,15-16H,11-14,23H2,1H3;1H. The van der Waals surface area contributed by atoms with E-state index in [2.05, 4.69) is 6.92 Å². The third-order valence-electron chi connectivity index (χ3n) is 5.27. The Morgan fingerprint density at radius 3 is 2.61 bits per heavy atom. The summed E-state index contributed by atoms with van der Waals surface area (Å²) in [6.07, 6.45) is 0.929. The number of halogens is 1. The first-order chi connectivity index (χ1) is 13.2. The largest absolute Gasteiger partial charge is 0.489 e. The highest BCUT2D eigenvalue weighted by atomic mass is 35.5. The van der Waals surface area contributed by atoms with Gasteiger partial charge in [0.15, 0.2) is 5.76 Å². The van der Waals surface area contributed by atoms with Crippen LogP contribution in [0.15, 0.2) is 59.0 Å². The molecule has 0 radical (unpaired) electrons. The molecule has 0 spiro atoms. The van der Waals surface area contributed by atoms with Crippen molar-refractivity contribution >= 4 is 29.3 Å². The van der Waals surface area contributed by atoms with Crippen LogP contribution in [0.4, 0.5) is 0 Å². The summed E-state index contributed by atoms with van der Waals surface area (Å²) in [5.41, 5.74) is 7.32. The molecule has 2 atom stereocenters. The minimum atomic E-state index is -0.0821. The van der Waals surface area contributed by atoms with E-state index in [0.29, 0.717) is 30.4 Å². The van der Waals surface area contributed by atoms with Gasteiger partial charge in [-0.05, 0) is 44.0 Å². The number of nitrogens with two attached hydrogens (primary N) is 1. The Kier molecular flexibility index (Phi) is 6.27. The normalized spacial score (nSPS) is 18.9. The predicted octanol–water partition coefficient (Wildman–Crippen LogP) is 4.24. The maximum Gasteiger partial charge on any atom is 0.290 e. The van der Waals surface area contributed by atoms with Gasteiger partial charge in [-0.2, -0.15) is 0 Å². The van der Waals surface area contributed by atoms with E-state index in [1.165, 1.54) is 0 Å². The fraction of sp³-hybridized carbons (Fsp3) is 0.318. The lowest BCUT2D eigenvalue weighted by molar-refractivity contribution is 0.0710. The summed E-state index contributed by atoms with van der Waals surface area (Å²) in [6.45, 7) is 3.62. The molecular formula is C22H25ClN2O3. The number of hydrogen-bond acceptors (Lipinski definition) is 4. The first kappa shape index (κ1) is 20.2. The fourth-order valence-corrected chi connectivity index (χ4v) is 3.81. The summed E-state index contributed by atoms with van der Waals surface area (Å²) in [4.78, 5) is 15.1. The van der Waals surface area contributed by atoms with Crippen LogP contribution >= 0.6 is 12.4 Å². The first-order valence-electron chi connectivity index (χ1n) is 9.36. The summed E-state index contributed by atoms with van der Waals surface area (Å²) in [6, 6.07) is 17.5. The summed E-state index contributed by atoms with van der Waals surface area (Å²) in [5, 5.41) is 0.916. The average Bonchev–Trinajstić information content (AvgIpc) is 3.27. The summed E-state index contributed by atoms with van der Waals surface area (Å²) in [5.74, 6) is 1.40. The van der Waals surface area contributed by atoms with Crippen molar-refractivity contribution in [3.63, 3.8) is 0 Å². The summed E-state index contributed by atoms with van der Waals surface area (Å²) in [7, 11) is 0. The lowest BCUT2D eigenvalue weighted by Gasteiger charge is -2.21. The van der Waals surface area contributed by atoms with E-state index in [9.17, 15) is 4.79 Å². The molecule has 5 nitrogen and oxygen atoms in total. The molecule has 2 heterocycles. The van der Waals surface area contributed by atoms with Gasteiger partial charge in [-0.1, -0.05) is 36.4 Å². The molecule has 4 rings (SSSR count). The van der Waals surface area contributed by atoms with Gasteiger partial charge in [0.05, 0.1) is 0 Å². The van der Waals surface area contributed by atoms with Gasteiger partial charge in [-0.15, -0.1) is 12.4 Å². The molecule has 3 aromatic rings. The van der Waals surface area contributed by atoms with Gasteiger partial charge in [0.2, 0.25) is 0 Å². The number of likely N-dealkylation sites (tertiary alicyclic amines) is 1. The average molecular weight is 401 g/mol. The van der Waals surface area contributed by atoms with Gasteiger partial charge in [0.1, 0.15) is 17.9 Å². The number of benzene rings is 2. The lowest BCUT2D eigenvalue weighted by atomic mass is 10.1. The van der Waals surface area contributed by atoms with Crippen molar-refractivity contribution in [1.82, 2.24) is 4.90 Å². The monoisotopic (exact) mass is 400 g/mol. The molecular weight excluding hydrogens is 376 g/mol. The van der Waals surface area contributed by atoms with Crippen molar-refractivity contribution in [3.05, 3.63) is 65.9 Å². The number of para-hydroxylation sites is 2. The van der Waals surface area contributed by atoms with Crippen LogP contribution < -0.4 is 10.5 Å². The van der Waals surface area contributed by atoms with Crippen LogP contribution in [0.3, 0.4) is 0 Å². The van der Waals surface area contributed by atoms with Crippen LogP contribution in [0.25, 0.3) is 11.0 Å². The Morgan fingerprint density at radius 2 is 1.89 bits per heavy atom. The smallest absolute Gasteiger partial charge is 0.290 e. The topological polar surface area (TPSA) is 68.7 Å². The van der Waals surface area contributed by atoms with Crippen molar-refractivity contribution in [2.45, 2.75) is 26.0 Å². The Bertz CT molecular complexity index is 941. The number of nitrogens with zero attached hydrogens (tertiary/aromatic N) is 1. The zero-order valence-corrected chi connectivity index (χ0v) is 16.7. The second kappa shape index (κ2) is 8.67. The molecule has 28 heavy (non-hydrogen) atoms. The zero-order chi connectivity index (χ0) is 18.8. The Hall–Kier alpha value is -2.50. The maximum atomic E-state index is 13.3. The number of carbonyl (C=O) groups excluding carboxylic acids is 1. The number of fused-ring (bicyclic) bond motifs is 1. The second-order valence-corrected chi connectivity index (χ2v) is 7.15. The minimum absolute atomic E-state index is 0. The van der Waals surface area contributed by atoms with Crippen LogP contribution in [0.5, 0.6) is 5.75 Å². The molecule has 2 N–H and O–H groups in total. The Balaban J connectivity index is 0.00000225. The lowest BCUT2D eigenvalue weighted by Crippen LogP contribution is -2.34. The molecule has 1 aliphatic heterocycles. The van der Waals surface area contributed by atoms with Gasteiger partial charge in [0.25, 0.3) is 5.91 Å². The van der Waals surface area contributed by atoms with Crippen molar-refractivity contribution in [2.24, 2.45) is 11.7 Å². The third-order valence-corrected chi connectivity index (χ3v) is 5.27. The Morgan fingerprint density at radius 1 is 1.18 bits per heavy atom. The van der Waals surface area contributed by atoms with E-state index in [0.717, 1.165) is 23.1 Å². The van der Waals surface area contributed by atoms with Crippen LogP contribution in [0.2, 0.25) is 0 Å². The van der Waals surface area contributed by atoms with Gasteiger partial charge in [0, 0.05) is 23.5 Å². The number of carbonyl (C=O) groups is 1. The molecule has 0 bridgehead atoms. The van der Waals surface area contributed by atoms with Crippen LogP contribution in [-0.2, 0) is 6.61 Å². The molecule has 1 amide bonds. The number of furan rings is 1. The molecule has 2 aromatic carbocycles. The van der Waals surface area contributed by atoms with Crippen molar-refractivity contribution in [1.29, 1.82) is 0 Å². The minimum Gasteiger partial charge on any atom is -0.489 e. The molecule has 0 saturated carbocycles. The highest BCUT2D eigenvalue weighted by Gasteiger charge is 2.35. The number of ether oxygens (including phenoxy) is 1. The van der Waals surface area contributed by atoms with Crippen LogP contribution in [-0.4, -0.2) is 29.9 Å². The first-order valence-corrected chi connectivity index (χ1v) is 9.36. The predicted molar refractivity (Wildman–Crippen MR) is 112 cm³/mol. The fourth-order valence-electron chi connectivity index (χ4n) is 3.81. The van der Waals surface area contributed by atoms with E-state index in [1.807, 2.05) is 59.5 Å². The Labute approximate surface area is 170 Å². The van der Waals surface area contributed by atoms with Gasteiger partial charge in [-0.25, -0.2) is 0 Å². The van der Waals surface area contributed by atoms with Crippen LogP contribution in [0.1, 0.15) is 29.5 Å². The second-order valence-electron chi connectivity index (χ2n) is 7.15. The van der Waals surface area contributed by atoms with E-state index in [1.54, 1.807) is 0 Å². The molecule has 2 unspecified atom stereocenters. The molecule has 1 aliphatic rings. The molecule has 1 aromatic heterocycles. The third kappa shape index (κ3) is 3.86. The van der Waals surface area contributed by atoms with E-state index in [-0.39, 0.29) is 31.0 Å². The van der Waals surface area contributed by atoms with Gasteiger partial charge >= 0.3 is 0 Å². The van der Waals surface area contributed by atoms with Crippen molar-refractivity contribution in [3.8, 4) is 5.75 Å². The summed E-state index contributed by atoms with van der Waals surface area (Å²) < 4.78 is 11.9. The highest BCUT2D eigenvalue weighted by Crippen LogP contribution is 2.31. The molecule has 148 valence electrons. The van der Waals surface area contributed by atoms with E-state index in [4.69, 9.17) is 14.9 Å². The molecule has 0 aliphatic carbocycles. The van der Waals surface area contributed by atoms with Crippen molar-refractivity contribution < 1.29 is 13.9 Å². The number of hydrogen-bond donors (Lipinski definition) is 1. The molecule has 1 saturated heterocycles. The van der Waals surface area contributed by atoms with Crippen LogP contribution in [0, 0.1) is 5.92 Å². The number of rotatable bonds is 5. The molecule has 1 fully saturated rings. The quantitative estimate of drug-likeness (QED) is 0.695. The maximum absolute atomic E-state index is 13.3. The van der Waals surface area contributed by atoms with Gasteiger partial charge < -0.3 is 19.8 Å². The SMILES string of the molecule is CC1CC(CN)CN1C(=O)c1oc2ccccc2c1COc1ccccc1.Cl. The summed E-state index contributed by atoms with van der Waals surface area (Å²) >= 11 is 0. The molecule has 6 heteroatoms. The number of amides is 1. The highest BCUT2D eigenvalue weighted by molar-refractivity contribution is 5.99. The van der Waals surface area contributed by atoms with Gasteiger partial charge in [-0.3, -0.25) is 4.79 Å². The van der Waals surface area contributed by atoms with E-state index >= 15 is 0 Å².